The van der Waals surface area contributed by atoms with Crippen LogP contribution in [-0.2, 0) is 24.2 Å². The van der Waals surface area contributed by atoms with Gasteiger partial charge >= 0.3 is 0 Å². The number of methoxy groups -OCH3 is 2. The average Bonchev–Trinajstić information content (AvgIpc) is 3.51. The lowest BCUT2D eigenvalue weighted by atomic mass is 10.0. The largest absolute Gasteiger partial charge is 0.497 e. The zero-order chi connectivity index (χ0) is 21.1. The monoisotopic (exact) mass is 407 g/mol. The van der Waals surface area contributed by atoms with Crippen molar-refractivity contribution < 1.29 is 19.1 Å². The Bertz CT molecular complexity index is 948. The zero-order valence-corrected chi connectivity index (χ0v) is 17.8. The molecule has 1 fully saturated rings. The van der Waals surface area contributed by atoms with E-state index in [0.29, 0.717) is 6.54 Å². The second-order valence-electron chi connectivity index (χ2n) is 8.19. The average molecular weight is 408 g/mol. The van der Waals surface area contributed by atoms with Gasteiger partial charge in [-0.1, -0.05) is 12.1 Å². The molecule has 0 spiro atoms. The van der Waals surface area contributed by atoms with Gasteiger partial charge in [0.25, 0.3) is 0 Å². The quantitative estimate of drug-likeness (QED) is 0.580. The van der Waals surface area contributed by atoms with Crippen LogP contribution in [0.15, 0.2) is 36.4 Å². The highest BCUT2D eigenvalue weighted by atomic mass is 16.5. The van der Waals surface area contributed by atoms with E-state index in [9.17, 15) is 9.59 Å². The van der Waals surface area contributed by atoms with Gasteiger partial charge in [-0.05, 0) is 67.5 Å². The molecule has 0 saturated heterocycles. The summed E-state index contributed by atoms with van der Waals surface area (Å²) in [6.07, 6.45) is 5.82. The molecule has 0 bridgehead atoms. The lowest BCUT2D eigenvalue weighted by Crippen LogP contribution is -2.33. The summed E-state index contributed by atoms with van der Waals surface area (Å²) in [5.41, 5.74) is 4.30. The van der Waals surface area contributed by atoms with E-state index in [-0.39, 0.29) is 30.6 Å². The van der Waals surface area contributed by atoms with Gasteiger partial charge in [0.2, 0.25) is 5.91 Å². The minimum atomic E-state index is 0.0249. The van der Waals surface area contributed by atoms with Gasteiger partial charge < -0.3 is 14.4 Å². The van der Waals surface area contributed by atoms with Crippen molar-refractivity contribution in [3.05, 3.63) is 58.7 Å². The molecule has 2 aliphatic carbocycles. The van der Waals surface area contributed by atoms with Crippen molar-refractivity contribution in [2.24, 2.45) is 0 Å². The van der Waals surface area contributed by atoms with Crippen molar-refractivity contribution in [1.82, 2.24) is 4.90 Å². The van der Waals surface area contributed by atoms with Crippen LogP contribution < -0.4 is 9.47 Å². The van der Waals surface area contributed by atoms with Gasteiger partial charge in [0.15, 0.2) is 5.78 Å². The molecule has 1 amide bonds. The second-order valence-corrected chi connectivity index (χ2v) is 8.19. The van der Waals surface area contributed by atoms with E-state index in [1.807, 2.05) is 35.2 Å². The third-order valence-electron chi connectivity index (χ3n) is 6.12. The van der Waals surface area contributed by atoms with Gasteiger partial charge in [-0.3, -0.25) is 9.59 Å². The molecular weight excluding hydrogens is 378 g/mol. The van der Waals surface area contributed by atoms with Crippen molar-refractivity contribution in [2.45, 2.75) is 57.5 Å². The number of ketones is 1. The second kappa shape index (κ2) is 8.90. The fourth-order valence-electron chi connectivity index (χ4n) is 4.25. The Hall–Kier alpha value is -2.82. The number of hydrogen-bond donors (Lipinski definition) is 0. The Balaban J connectivity index is 1.41. The minimum Gasteiger partial charge on any atom is -0.497 e. The third-order valence-corrected chi connectivity index (χ3v) is 6.12. The van der Waals surface area contributed by atoms with Crippen LogP contribution in [0, 0.1) is 0 Å². The van der Waals surface area contributed by atoms with Crippen LogP contribution in [0.1, 0.15) is 59.2 Å². The molecule has 2 aliphatic rings. The van der Waals surface area contributed by atoms with E-state index < -0.39 is 0 Å². The number of nitrogens with zero attached hydrogens (tertiary/aromatic N) is 1. The third kappa shape index (κ3) is 4.50. The SMILES string of the molecule is COc1ccc(OC)c(CN(C(=O)CCC(=O)c2ccc3c(c2)CCC3)C2CC2)c1. The summed E-state index contributed by atoms with van der Waals surface area (Å²) >= 11 is 0. The van der Waals surface area contributed by atoms with Crippen LogP contribution in [0.25, 0.3) is 0 Å². The summed E-state index contributed by atoms with van der Waals surface area (Å²) < 4.78 is 10.8. The maximum atomic E-state index is 13.0. The molecule has 2 aromatic rings. The van der Waals surface area contributed by atoms with Crippen LogP contribution in [0.4, 0.5) is 0 Å². The molecule has 5 nitrogen and oxygen atoms in total. The topological polar surface area (TPSA) is 55.8 Å². The molecule has 0 unspecified atom stereocenters. The standard InChI is InChI=1S/C25H29NO4/c1-29-22-10-12-24(30-2)20(15-22)16-26(21-8-9-21)25(28)13-11-23(27)19-7-6-17-4-3-5-18(17)14-19/h6-7,10,12,14-15,21H,3-5,8-9,11,13,16H2,1-2H3. The molecular formula is C25H29NO4. The maximum Gasteiger partial charge on any atom is 0.223 e. The van der Waals surface area contributed by atoms with Crippen LogP contribution in [0.2, 0.25) is 0 Å². The highest BCUT2D eigenvalue weighted by Crippen LogP contribution is 2.32. The van der Waals surface area contributed by atoms with E-state index >= 15 is 0 Å². The number of hydrogen-bond acceptors (Lipinski definition) is 4. The first kappa shape index (κ1) is 20.5. The highest BCUT2D eigenvalue weighted by Gasteiger charge is 2.33. The minimum absolute atomic E-state index is 0.0249. The Labute approximate surface area is 178 Å². The van der Waals surface area contributed by atoms with E-state index in [4.69, 9.17) is 9.47 Å². The van der Waals surface area contributed by atoms with Crippen LogP contribution in [-0.4, -0.2) is 36.9 Å². The van der Waals surface area contributed by atoms with Crippen LogP contribution >= 0.6 is 0 Å². The lowest BCUT2D eigenvalue weighted by molar-refractivity contribution is -0.132. The molecule has 5 heteroatoms. The van der Waals surface area contributed by atoms with Gasteiger partial charge in [0.05, 0.1) is 14.2 Å². The molecule has 2 aromatic carbocycles. The van der Waals surface area contributed by atoms with Crippen molar-refractivity contribution in [1.29, 1.82) is 0 Å². The number of benzene rings is 2. The lowest BCUT2D eigenvalue weighted by Gasteiger charge is -2.24. The molecule has 1 saturated carbocycles. The number of fused-ring (bicyclic) bond motifs is 1. The molecule has 30 heavy (non-hydrogen) atoms. The van der Waals surface area contributed by atoms with E-state index in [2.05, 4.69) is 6.07 Å². The molecule has 0 aliphatic heterocycles. The first-order valence-corrected chi connectivity index (χ1v) is 10.7. The number of rotatable bonds is 9. The Morgan fingerprint density at radius 3 is 2.50 bits per heavy atom. The van der Waals surface area contributed by atoms with Crippen LogP contribution in [0.5, 0.6) is 11.5 Å². The smallest absolute Gasteiger partial charge is 0.223 e. The predicted molar refractivity (Wildman–Crippen MR) is 115 cm³/mol. The molecule has 0 heterocycles. The molecule has 4 rings (SSSR count). The molecule has 158 valence electrons. The van der Waals surface area contributed by atoms with Crippen LogP contribution in [0.3, 0.4) is 0 Å². The summed E-state index contributed by atoms with van der Waals surface area (Å²) in [6.45, 7) is 0.469. The molecule has 0 N–H and O–H groups in total. The fourth-order valence-corrected chi connectivity index (χ4v) is 4.25. The Kier molecular flexibility index (Phi) is 6.07. The van der Waals surface area contributed by atoms with Gasteiger partial charge in [-0.25, -0.2) is 0 Å². The maximum absolute atomic E-state index is 13.0. The fraction of sp³-hybridized carbons (Fsp3) is 0.440. The Morgan fingerprint density at radius 1 is 0.967 bits per heavy atom. The summed E-state index contributed by atoms with van der Waals surface area (Å²) in [5.74, 6) is 1.55. The van der Waals surface area contributed by atoms with Gasteiger partial charge in [-0.2, -0.15) is 0 Å². The number of aryl methyl sites for hydroxylation is 2. The summed E-state index contributed by atoms with van der Waals surface area (Å²) in [7, 11) is 3.25. The molecule has 0 radical (unpaired) electrons. The summed E-state index contributed by atoms with van der Waals surface area (Å²) in [6, 6.07) is 11.9. The first-order chi connectivity index (χ1) is 14.6. The van der Waals surface area contributed by atoms with Gasteiger partial charge in [0.1, 0.15) is 11.5 Å². The molecule has 0 atom stereocenters. The number of ether oxygens (including phenoxy) is 2. The number of amides is 1. The van der Waals surface area contributed by atoms with Crippen molar-refractivity contribution in [2.75, 3.05) is 14.2 Å². The van der Waals surface area contributed by atoms with E-state index in [1.165, 1.54) is 11.1 Å². The van der Waals surface area contributed by atoms with Crippen molar-refractivity contribution >= 4 is 11.7 Å². The molecule has 0 aromatic heterocycles. The number of Topliss-reactive ketones (excluding diaryl/α,β-unsaturated/α-hetero) is 1. The van der Waals surface area contributed by atoms with Gasteiger partial charge in [0, 0.05) is 36.6 Å². The predicted octanol–water partition coefficient (Wildman–Crippen LogP) is 4.35. The summed E-state index contributed by atoms with van der Waals surface area (Å²) in [4.78, 5) is 27.6. The Morgan fingerprint density at radius 2 is 1.77 bits per heavy atom. The number of carbonyl (C=O) groups is 2. The van der Waals surface area contributed by atoms with E-state index in [1.54, 1.807) is 14.2 Å². The van der Waals surface area contributed by atoms with Gasteiger partial charge in [-0.15, -0.1) is 0 Å². The normalized spacial score (nSPS) is 14.9. The zero-order valence-electron chi connectivity index (χ0n) is 17.8. The highest BCUT2D eigenvalue weighted by molar-refractivity contribution is 5.98. The summed E-state index contributed by atoms with van der Waals surface area (Å²) in [5, 5.41) is 0. The van der Waals surface area contributed by atoms with Crippen molar-refractivity contribution in [3.8, 4) is 11.5 Å². The van der Waals surface area contributed by atoms with E-state index in [0.717, 1.165) is 54.7 Å². The van der Waals surface area contributed by atoms with Crippen molar-refractivity contribution in [3.63, 3.8) is 0 Å². The first-order valence-electron chi connectivity index (χ1n) is 10.7. The number of carbonyl (C=O) groups excluding carboxylic acids is 2.